The molecule has 0 bridgehead atoms. The van der Waals surface area contributed by atoms with Crippen LogP contribution >= 0.6 is 0 Å². The van der Waals surface area contributed by atoms with E-state index in [1.807, 2.05) is 0 Å². The Labute approximate surface area is 129 Å². The van der Waals surface area contributed by atoms with Gasteiger partial charge >= 0.3 is 0 Å². The molecule has 0 spiro atoms. The van der Waals surface area contributed by atoms with Gasteiger partial charge in [0.05, 0.1) is 12.2 Å². The van der Waals surface area contributed by atoms with Crippen molar-refractivity contribution in [3.05, 3.63) is 0 Å². The fraction of sp³-hybridized carbons (Fsp3) is 0.944. The van der Waals surface area contributed by atoms with Crippen molar-refractivity contribution in [1.82, 2.24) is 10.2 Å². The molecule has 2 aliphatic carbocycles. The average Bonchev–Trinajstić information content (AvgIpc) is 3.02. The van der Waals surface area contributed by atoms with Gasteiger partial charge in [0.25, 0.3) is 0 Å². The van der Waals surface area contributed by atoms with Gasteiger partial charge in [-0.25, -0.2) is 0 Å². The zero-order valence-corrected chi connectivity index (χ0v) is 13.8. The van der Waals surface area contributed by atoms with Crippen LogP contribution in [0.5, 0.6) is 0 Å². The standard InChI is InChI=1S/C18H32N2O/c1-3-7-16-18(21)20(15(4-2)12-13-10-11-13)17(19-16)14-8-5-6-9-14/h13-17,19H,3-12H2,1-2H3. The van der Waals surface area contributed by atoms with E-state index in [2.05, 4.69) is 24.1 Å². The third-order valence-electron chi connectivity index (χ3n) is 5.81. The van der Waals surface area contributed by atoms with Crippen molar-refractivity contribution in [3.63, 3.8) is 0 Å². The summed E-state index contributed by atoms with van der Waals surface area (Å²) in [4.78, 5) is 15.2. The van der Waals surface area contributed by atoms with Gasteiger partial charge in [0.2, 0.25) is 5.91 Å². The van der Waals surface area contributed by atoms with Crippen LogP contribution < -0.4 is 5.32 Å². The first-order valence-electron chi connectivity index (χ1n) is 9.32. The molecule has 3 aliphatic rings. The number of nitrogens with zero attached hydrogens (tertiary/aromatic N) is 1. The summed E-state index contributed by atoms with van der Waals surface area (Å²) in [6, 6.07) is 0.568. The van der Waals surface area contributed by atoms with Crippen LogP contribution in [0.15, 0.2) is 0 Å². The Morgan fingerprint density at radius 1 is 1.19 bits per heavy atom. The highest BCUT2D eigenvalue weighted by atomic mass is 16.2. The minimum atomic E-state index is 0.0915. The average molecular weight is 292 g/mol. The molecule has 3 heteroatoms. The molecule has 3 rings (SSSR count). The summed E-state index contributed by atoms with van der Waals surface area (Å²) in [6.07, 6.45) is 12.9. The Hall–Kier alpha value is -0.570. The third kappa shape index (κ3) is 3.28. The molecule has 120 valence electrons. The number of hydrogen-bond donors (Lipinski definition) is 1. The summed E-state index contributed by atoms with van der Waals surface area (Å²) in [5.74, 6) is 2.00. The van der Waals surface area contributed by atoms with E-state index in [0.29, 0.717) is 24.0 Å². The van der Waals surface area contributed by atoms with Crippen molar-refractivity contribution in [1.29, 1.82) is 0 Å². The van der Waals surface area contributed by atoms with Gasteiger partial charge in [-0.2, -0.15) is 0 Å². The summed E-state index contributed by atoms with van der Waals surface area (Å²) in [7, 11) is 0. The van der Waals surface area contributed by atoms with E-state index in [1.54, 1.807) is 0 Å². The summed E-state index contributed by atoms with van der Waals surface area (Å²) in [5, 5.41) is 3.72. The first kappa shape index (κ1) is 15.3. The molecule has 1 saturated heterocycles. The first-order chi connectivity index (χ1) is 10.2. The molecule has 0 aromatic carbocycles. The quantitative estimate of drug-likeness (QED) is 0.776. The summed E-state index contributed by atoms with van der Waals surface area (Å²) >= 11 is 0. The minimum Gasteiger partial charge on any atom is -0.323 e. The number of carbonyl (C=O) groups excluding carboxylic acids is 1. The third-order valence-corrected chi connectivity index (χ3v) is 5.81. The number of hydrogen-bond acceptors (Lipinski definition) is 2. The number of rotatable bonds is 7. The molecule has 3 fully saturated rings. The monoisotopic (exact) mass is 292 g/mol. The second kappa shape index (κ2) is 6.68. The van der Waals surface area contributed by atoms with Gasteiger partial charge in [0.1, 0.15) is 0 Å². The van der Waals surface area contributed by atoms with Crippen molar-refractivity contribution in [3.8, 4) is 0 Å². The summed E-state index contributed by atoms with van der Waals surface area (Å²) in [5.41, 5.74) is 0. The van der Waals surface area contributed by atoms with Gasteiger partial charge in [-0.15, -0.1) is 0 Å². The largest absolute Gasteiger partial charge is 0.323 e. The highest BCUT2D eigenvalue weighted by Crippen LogP contribution is 2.39. The van der Waals surface area contributed by atoms with Crippen LogP contribution in [0.4, 0.5) is 0 Å². The van der Waals surface area contributed by atoms with Gasteiger partial charge < -0.3 is 4.90 Å². The molecule has 1 N–H and O–H groups in total. The Morgan fingerprint density at radius 3 is 2.48 bits per heavy atom. The van der Waals surface area contributed by atoms with E-state index in [4.69, 9.17) is 0 Å². The van der Waals surface area contributed by atoms with Crippen LogP contribution in [0, 0.1) is 11.8 Å². The molecule has 0 radical (unpaired) electrons. The molecule has 1 amide bonds. The fourth-order valence-corrected chi connectivity index (χ4v) is 4.43. The minimum absolute atomic E-state index is 0.0915. The zero-order chi connectivity index (χ0) is 14.8. The molecule has 1 aliphatic heterocycles. The van der Waals surface area contributed by atoms with E-state index >= 15 is 0 Å². The SMILES string of the molecule is CCCC1NC(C2CCCC2)N(C(CC)CC2CC2)C1=O. The van der Waals surface area contributed by atoms with E-state index < -0.39 is 0 Å². The zero-order valence-electron chi connectivity index (χ0n) is 13.8. The lowest BCUT2D eigenvalue weighted by atomic mass is 9.99. The molecule has 0 aromatic heterocycles. The van der Waals surface area contributed by atoms with Gasteiger partial charge in [0, 0.05) is 6.04 Å². The van der Waals surface area contributed by atoms with Crippen LogP contribution in [0.2, 0.25) is 0 Å². The highest BCUT2D eigenvalue weighted by molar-refractivity contribution is 5.84. The second-order valence-electron chi connectivity index (χ2n) is 7.48. The van der Waals surface area contributed by atoms with Crippen molar-refractivity contribution in [2.45, 2.75) is 96.3 Å². The van der Waals surface area contributed by atoms with Crippen molar-refractivity contribution < 1.29 is 4.79 Å². The maximum Gasteiger partial charge on any atom is 0.241 e. The van der Waals surface area contributed by atoms with E-state index in [9.17, 15) is 4.79 Å². The maximum absolute atomic E-state index is 12.9. The van der Waals surface area contributed by atoms with E-state index in [0.717, 1.165) is 25.2 Å². The normalized spacial score (nSPS) is 32.1. The fourth-order valence-electron chi connectivity index (χ4n) is 4.43. The number of nitrogens with one attached hydrogen (secondary N) is 1. The molecule has 21 heavy (non-hydrogen) atoms. The molecule has 3 atom stereocenters. The Balaban J connectivity index is 1.75. The summed E-state index contributed by atoms with van der Waals surface area (Å²) < 4.78 is 0. The van der Waals surface area contributed by atoms with Crippen LogP contribution in [-0.2, 0) is 4.79 Å². The number of amides is 1. The smallest absolute Gasteiger partial charge is 0.241 e. The number of carbonyl (C=O) groups is 1. The topological polar surface area (TPSA) is 32.3 Å². The Bertz CT molecular complexity index is 360. The predicted molar refractivity (Wildman–Crippen MR) is 85.8 cm³/mol. The Morgan fingerprint density at radius 2 is 1.90 bits per heavy atom. The lowest BCUT2D eigenvalue weighted by Gasteiger charge is -2.35. The van der Waals surface area contributed by atoms with Gasteiger partial charge in [-0.1, -0.05) is 46.0 Å². The molecule has 0 aromatic rings. The lowest BCUT2D eigenvalue weighted by molar-refractivity contribution is -0.133. The second-order valence-corrected chi connectivity index (χ2v) is 7.48. The highest BCUT2D eigenvalue weighted by Gasteiger charge is 2.46. The molecular weight excluding hydrogens is 260 g/mol. The molecule has 1 heterocycles. The molecule has 3 unspecified atom stereocenters. The first-order valence-corrected chi connectivity index (χ1v) is 9.32. The van der Waals surface area contributed by atoms with Gasteiger partial charge in [0.15, 0.2) is 0 Å². The van der Waals surface area contributed by atoms with Gasteiger partial charge in [-0.3, -0.25) is 10.1 Å². The van der Waals surface area contributed by atoms with Crippen LogP contribution in [-0.4, -0.2) is 29.1 Å². The summed E-state index contributed by atoms with van der Waals surface area (Å²) in [6.45, 7) is 4.45. The molecule has 2 saturated carbocycles. The molecular formula is C18H32N2O. The van der Waals surface area contributed by atoms with E-state index in [1.165, 1.54) is 44.9 Å². The van der Waals surface area contributed by atoms with Crippen LogP contribution in [0.25, 0.3) is 0 Å². The van der Waals surface area contributed by atoms with Crippen LogP contribution in [0.3, 0.4) is 0 Å². The van der Waals surface area contributed by atoms with Crippen LogP contribution in [0.1, 0.15) is 78.1 Å². The van der Waals surface area contributed by atoms with Crippen molar-refractivity contribution in [2.24, 2.45) is 11.8 Å². The lowest BCUT2D eigenvalue weighted by Crippen LogP contribution is -2.48. The predicted octanol–water partition coefficient (Wildman–Crippen LogP) is 3.68. The van der Waals surface area contributed by atoms with Gasteiger partial charge in [-0.05, 0) is 43.9 Å². The Kier molecular flexibility index (Phi) is 4.88. The van der Waals surface area contributed by atoms with Crippen molar-refractivity contribution in [2.75, 3.05) is 0 Å². The molecule has 3 nitrogen and oxygen atoms in total. The maximum atomic E-state index is 12.9. The van der Waals surface area contributed by atoms with E-state index in [-0.39, 0.29) is 6.04 Å². The van der Waals surface area contributed by atoms with Crippen molar-refractivity contribution >= 4 is 5.91 Å².